The van der Waals surface area contributed by atoms with Gasteiger partial charge in [0.05, 0.1) is 5.71 Å². The fraction of sp³-hybridized carbons (Fsp3) is 0.286. The Morgan fingerprint density at radius 3 is 2.50 bits per heavy atom. The van der Waals surface area contributed by atoms with Crippen LogP contribution in [0.2, 0.25) is 0 Å². The van der Waals surface area contributed by atoms with Crippen molar-refractivity contribution >= 4 is 48.6 Å². The molecule has 0 radical (unpaired) electrons. The molecule has 134 valence electrons. The lowest BCUT2D eigenvalue weighted by molar-refractivity contribution is 0.561. The maximum Gasteiger partial charge on any atom is 0.144 e. The summed E-state index contributed by atoms with van der Waals surface area (Å²) >= 11 is 0.125. The second-order valence-corrected chi connectivity index (χ2v) is 10.0. The average Bonchev–Trinajstić information content (AvgIpc) is 2.90. The Balaban J connectivity index is 2.19. The molecule has 0 aliphatic rings. The predicted octanol–water partition coefficient (Wildman–Crippen LogP) is 5.84. The van der Waals surface area contributed by atoms with Gasteiger partial charge in [0.1, 0.15) is 21.9 Å². The third-order valence-corrected chi connectivity index (χ3v) is 6.58. The van der Waals surface area contributed by atoms with Crippen LogP contribution in [0, 0.1) is 17.7 Å². The van der Waals surface area contributed by atoms with Gasteiger partial charge in [-0.3, -0.25) is 0 Å². The van der Waals surface area contributed by atoms with E-state index in [9.17, 15) is 8.94 Å². The van der Waals surface area contributed by atoms with Crippen LogP contribution in [-0.2, 0) is 11.4 Å². The molecule has 26 heavy (non-hydrogen) atoms. The van der Waals surface area contributed by atoms with Gasteiger partial charge in [-0.2, -0.15) is 0 Å². The molecule has 0 N–H and O–H groups in total. The van der Waals surface area contributed by atoms with Crippen LogP contribution in [-0.4, -0.2) is 15.0 Å². The molecule has 1 atom stereocenters. The summed E-state index contributed by atoms with van der Waals surface area (Å²) in [6, 6.07) is 9.38. The van der Waals surface area contributed by atoms with Crippen molar-refractivity contribution < 1.29 is 8.94 Å². The first-order valence-corrected chi connectivity index (χ1v) is 10.2. The first-order chi connectivity index (χ1) is 12.2. The molecular formula is C21H20FNOS2. The van der Waals surface area contributed by atoms with E-state index in [1.807, 2.05) is 45.0 Å². The molecule has 3 aromatic rings. The van der Waals surface area contributed by atoms with Gasteiger partial charge in [0.2, 0.25) is 0 Å². The van der Waals surface area contributed by atoms with Crippen LogP contribution in [0.4, 0.5) is 4.39 Å². The highest BCUT2D eigenvalue weighted by Gasteiger charge is 2.27. The van der Waals surface area contributed by atoms with Crippen LogP contribution in [0.1, 0.15) is 45.7 Å². The Hall–Kier alpha value is -1.87. The number of rotatable bonds is 2. The molecule has 3 rings (SSSR count). The average molecular weight is 386 g/mol. The van der Waals surface area contributed by atoms with Crippen LogP contribution in [0.25, 0.3) is 20.2 Å². The van der Waals surface area contributed by atoms with Gasteiger partial charge in [0, 0.05) is 31.3 Å². The van der Waals surface area contributed by atoms with E-state index < -0.39 is 16.1 Å². The van der Waals surface area contributed by atoms with E-state index in [1.165, 1.54) is 0 Å². The topological polar surface area (TPSA) is 35.4 Å². The summed E-state index contributed by atoms with van der Waals surface area (Å²) in [4.78, 5) is 0. The van der Waals surface area contributed by atoms with Gasteiger partial charge in [-0.15, -0.1) is 17.3 Å². The zero-order valence-electron chi connectivity index (χ0n) is 15.4. The van der Waals surface area contributed by atoms with E-state index in [2.05, 4.69) is 16.2 Å². The summed E-state index contributed by atoms with van der Waals surface area (Å²) in [7, 11) is 0. The minimum atomic E-state index is -1.43. The van der Waals surface area contributed by atoms with Crippen molar-refractivity contribution in [3.8, 4) is 11.8 Å². The second kappa shape index (κ2) is 7.03. The van der Waals surface area contributed by atoms with E-state index >= 15 is 0 Å². The molecule has 0 aliphatic carbocycles. The number of fused-ring (bicyclic) bond motifs is 3. The summed E-state index contributed by atoms with van der Waals surface area (Å²) in [6.07, 6.45) is 0. The Morgan fingerprint density at radius 2 is 1.85 bits per heavy atom. The van der Waals surface area contributed by atoms with Crippen LogP contribution in [0.3, 0.4) is 0 Å². The molecule has 0 saturated carbocycles. The molecule has 0 fully saturated rings. The SMILES string of the molecule is CC#Cc1ccc2sc3cc(F)c(/C(C)=N/[S+]([O-])C(C)(C)C)cc3c2c1. The molecule has 1 unspecified atom stereocenters. The van der Waals surface area contributed by atoms with Crippen molar-refractivity contribution in [2.45, 2.75) is 39.4 Å². The Labute approximate surface area is 160 Å². The Bertz CT molecular complexity index is 1080. The van der Waals surface area contributed by atoms with E-state index in [-0.39, 0.29) is 5.82 Å². The van der Waals surface area contributed by atoms with Gasteiger partial charge in [0.25, 0.3) is 0 Å². The predicted molar refractivity (Wildman–Crippen MR) is 112 cm³/mol. The summed E-state index contributed by atoms with van der Waals surface area (Å²) < 4.78 is 32.7. The van der Waals surface area contributed by atoms with Crippen molar-refractivity contribution in [1.29, 1.82) is 0 Å². The fourth-order valence-electron chi connectivity index (χ4n) is 2.61. The first kappa shape index (κ1) is 18.9. The number of halogens is 1. The third-order valence-electron chi connectivity index (χ3n) is 3.96. The highest BCUT2D eigenvalue weighted by Crippen LogP contribution is 2.36. The summed E-state index contributed by atoms with van der Waals surface area (Å²) in [5.41, 5.74) is 1.77. The van der Waals surface area contributed by atoms with Crippen molar-refractivity contribution in [3.05, 3.63) is 47.3 Å². The van der Waals surface area contributed by atoms with Gasteiger partial charge in [-0.1, -0.05) is 10.3 Å². The summed E-state index contributed by atoms with van der Waals surface area (Å²) in [5, 5.41) is 2.02. The molecule has 5 heteroatoms. The maximum atomic E-state index is 14.7. The monoisotopic (exact) mass is 385 g/mol. The molecule has 0 spiro atoms. The lowest BCUT2D eigenvalue weighted by Gasteiger charge is -2.18. The number of nitrogens with zero attached hydrogens (tertiary/aromatic N) is 1. The normalized spacial score (nSPS) is 13.7. The molecule has 1 heterocycles. The van der Waals surface area contributed by atoms with Crippen LogP contribution >= 0.6 is 11.3 Å². The standard InChI is InChI=1S/C21H20FNOS2/c1-6-7-14-8-9-19-16(10-14)17-11-15(18(22)12-20(17)25-19)13(2)23-26(24)21(3,4)5/h8-12H,1-5H3/b23-13+. The molecule has 0 bridgehead atoms. The van der Waals surface area contributed by atoms with Crippen molar-refractivity contribution in [3.63, 3.8) is 0 Å². The Kier molecular flexibility index (Phi) is 5.12. The van der Waals surface area contributed by atoms with Crippen LogP contribution in [0.15, 0.2) is 34.7 Å². The largest absolute Gasteiger partial charge is 0.591 e. The molecular weight excluding hydrogens is 365 g/mol. The minimum Gasteiger partial charge on any atom is -0.591 e. The zero-order chi connectivity index (χ0) is 19.1. The molecule has 0 saturated heterocycles. The number of hydrogen-bond donors (Lipinski definition) is 0. The van der Waals surface area contributed by atoms with E-state index in [0.717, 1.165) is 25.7 Å². The number of hydrogen-bond acceptors (Lipinski definition) is 3. The van der Waals surface area contributed by atoms with Gasteiger partial charge in [-0.05, 0) is 65.0 Å². The Morgan fingerprint density at radius 1 is 1.15 bits per heavy atom. The number of thiophene rings is 1. The quantitative estimate of drug-likeness (QED) is 0.310. The van der Waals surface area contributed by atoms with E-state index in [4.69, 9.17) is 0 Å². The van der Waals surface area contributed by atoms with Crippen molar-refractivity contribution in [1.82, 2.24) is 0 Å². The zero-order valence-corrected chi connectivity index (χ0v) is 17.1. The summed E-state index contributed by atoms with van der Waals surface area (Å²) in [6.45, 7) is 9.06. The minimum absolute atomic E-state index is 0.343. The fourth-order valence-corrected chi connectivity index (χ4v) is 4.32. The maximum absolute atomic E-state index is 14.7. The van der Waals surface area contributed by atoms with E-state index in [0.29, 0.717) is 11.3 Å². The van der Waals surface area contributed by atoms with Gasteiger partial charge in [0.15, 0.2) is 0 Å². The third kappa shape index (κ3) is 3.64. The first-order valence-electron chi connectivity index (χ1n) is 8.27. The molecule has 1 aromatic heterocycles. The van der Waals surface area contributed by atoms with Crippen molar-refractivity contribution in [2.75, 3.05) is 0 Å². The smallest absolute Gasteiger partial charge is 0.144 e. The summed E-state index contributed by atoms with van der Waals surface area (Å²) in [5.74, 6) is 5.62. The van der Waals surface area contributed by atoms with Crippen LogP contribution < -0.4 is 0 Å². The lowest BCUT2D eigenvalue weighted by Crippen LogP contribution is -2.26. The van der Waals surface area contributed by atoms with Crippen LogP contribution in [0.5, 0.6) is 0 Å². The van der Waals surface area contributed by atoms with Gasteiger partial charge in [-0.25, -0.2) is 4.39 Å². The highest BCUT2D eigenvalue weighted by atomic mass is 32.2. The van der Waals surface area contributed by atoms with Crippen molar-refractivity contribution in [2.24, 2.45) is 4.40 Å². The molecule has 0 aliphatic heterocycles. The van der Waals surface area contributed by atoms with Gasteiger partial charge < -0.3 is 4.55 Å². The second-order valence-electron chi connectivity index (χ2n) is 7.05. The lowest BCUT2D eigenvalue weighted by atomic mass is 10.0. The molecule has 0 amide bonds. The highest BCUT2D eigenvalue weighted by molar-refractivity contribution is 7.91. The number of benzene rings is 2. The molecule has 2 aromatic carbocycles. The van der Waals surface area contributed by atoms with Gasteiger partial charge >= 0.3 is 0 Å². The van der Waals surface area contributed by atoms with E-state index in [1.54, 1.807) is 31.3 Å². The molecule has 2 nitrogen and oxygen atoms in total.